The first-order valence-corrected chi connectivity index (χ1v) is 12.1. The lowest BCUT2D eigenvalue weighted by molar-refractivity contribution is 0.102. The van der Waals surface area contributed by atoms with Crippen LogP contribution in [0.4, 0.5) is 10.2 Å². The Morgan fingerprint density at radius 1 is 0.846 bits per heavy atom. The number of carbonyl (C=O) groups is 1. The number of aromatic nitrogens is 7. The number of amides is 1. The van der Waals surface area contributed by atoms with Crippen LogP contribution in [0.15, 0.2) is 104 Å². The average Bonchev–Trinajstić information content (AvgIpc) is 3.71. The van der Waals surface area contributed by atoms with Crippen molar-refractivity contribution in [3.63, 3.8) is 0 Å². The Balaban J connectivity index is 1.24. The van der Waals surface area contributed by atoms with E-state index in [1.807, 2.05) is 59.1 Å². The lowest BCUT2D eigenvalue weighted by atomic mass is 10.1. The number of hydrogen-bond acceptors (Lipinski definition) is 5. The molecule has 188 valence electrons. The number of carbonyl (C=O) groups excluding carboxylic acids is 1. The van der Waals surface area contributed by atoms with Crippen molar-refractivity contribution in [2.24, 2.45) is 0 Å². The van der Waals surface area contributed by atoms with E-state index in [0.29, 0.717) is 28.4 Å². The highest BCUT2D eigenvalue weighted by atomic mass is 19.1. The zero-order valence-corrected chi connectivity index (χ0v) is 20.3. The molecule has 0 fully saturated rings. The summed E-state index contributed by atoms with van der Waals surface area (Å²) in [7, 11) is 0. The third-order valence-electron chi connectivity index (χ3n) is 6.37. The second-order valence-corrected chi connectivity index (χ2v) is 8.89. The van der Waals surface area contributed by atoms with E-state index < -0.39 is 0 Å². The summed E-state index contributed by atoms with van der Waals surface area (Å²) in [6.45, 7) is 0. The van der Waals surface area contributed by atoms with Gasteiger partial charge >= 0.3 is 0 Å². The Morgan fingerprint density at radius 2 is 1.74 bits per heavy atom. The predicted octanol–water partition coefficient (Wildman–Crippen LogP) is 5.49. The first kappa shape index (κ1) is 22.5. The number of nitrogens with one attached hydrogen (secondary N) is 2. The Labute approximate surface area is 220 Å². The van der Waals surface area contributed by atoms with Crippen LogP contribution in [0, 0.1) is 5.82 Å². The van der Waals surface area contributed by atoms with E-state index in [0.717, 1.165) is 28.2 Å². The van der Waals surface area contributed by atoms with Crippen LogP contribution in [0.1, 0.15) is 10.4 Å². The van der Waals surface area contributed by atoms with Gasteiger partial charge < -0.3 is 5.32 Å². The van der Waals surface area contributed by atoms with Crippen LogP contribution in [0.25, 0.3) is 45.2 Å². The first-order valence-electron chi connectivity index (χ1n) is 12.1. The third kappa shape index (κ3) is 4.09. The monoisotopic (exact) mass is 514 g/mol. The standard InChI is InChI=1S/C29H19FN8O/c30-21-9-7-18(8-10-21)27-28(37-15-2-1-6-25(37)34-27)23-11-12-26-32-24(17-38(26)36-23)33-29(39)20-5-3-4-19(16-20)22-13-14-31-35-22/h1-17H,(H,31,35)(H,33,39). The molecule has 5 heterocycles. The normalized spacial score (nSPS) is 11.3. The number of pyridine rings is 1. The van der Waals surface area contributed by atoms with Crippen LogP contribution in [0.3, 0.4) is 0 Å². The zero-order valence-electron chi connectivity index (χ0n) is 20.3. The van der Waals surface area contributed by atoms with Gasteiger partial charge in [-0.25, -0.2) is 18.9 Å². The summed E-state index contributed by atoms with van der Waals surface area (Å²) < 4.78 is 17.2. The van der Waals surface area contributed by atoms with Crippen LogP contribution in [-0.4, -0.2) is 40.1 Å². The Kier molecular flexibility index (Phi) is 5.22. The Bertz CT molecular complexity index is 1970. The number of H-pyrrole nitrogens is 1. The molecule has 9 nitrogen and oxygen atoms in total. The number of imidazole rings is 2. The summed E-state index contributed by atoms with van der Waals surface area (Å²) >= 11 is 0. The highest BCUT2D eigenvalue weighted by Crippen LogP contribution is 2.32. The summed E-state index contributed by atoms with van der Waals surface area (Å²) in [4.78, 5) is 22.3. The number of anilines is 1. The molecule has 10 heteroatoms. The van der Waals surface area contributed by atoms with Gasteiger partial charge in [-0.15, -0.1) is 0 Å². The number of nitrogens with zero attached hydrogens (tertiary/aromatic N) is 6. The van der Waals surface area contributed by atoms with Crippen molar-refractivity contribution >= 4 is 23.0 Å². The second kappa shape index (κ2) is 9.03. The lowest BCUT2D eigenvalue weighted by Crippen LogP contribution is -2.12. The Hall–Kier alpha value is -5.64. The van der Waals surface area contributed by atoms with Crippen molar-refractivity contribution in [2.45, 2.75) is 0 Å². The molecule has 5 aromatic heterocycles. The minimum Gasteiger partial charge on any atom is -0.305 e. The number of benzene rings is 2. The quantitative estimate of drug-likeness (QED) is 0.316. The Morgan fingerprint density at radius 3 is 2.59 bits per heavy atom. The SMILES string of the molecule is O=C(Nc1cn2nc(-c3c(-c4ccc(F)cc4)nc4ccccn34)ccc2n1)c1cccc(-c2cc[nH]n2)c1. The van der Waals surface area contributed by atoms with Crippen LogP contribution < -0.4 is 5.32 Å². The predicted molar refractivity (Wildman–Crippen MR) is 145 cm³/mol. The van der Waals surface area contributed by atoms with Gasteiger partial charge in [0.25, 0.3) is 5.91 Å². The summed E-state index contributed by atoms with van der Waals surface area (Å²) in [5.41, 5.74) is 6.22. The van der Waals surface area contributed by atoms with Gasteiger partial charge in [0.1, 0.15) is 22.9 Å². The van der Waals surface area contributed by atoms with E-state index >= 15 is 0 Å². The molecule has 0 aliphatic rings. The summed E-state index contributed by atoms with van der Waals surface area (Å²) in [5, 5.41) is 14.6. The number of rotatable bonds is 5. The summed E-state index contributed by atoms with van der Waals surface area (Å²) in [6.07, 6.45) is 5.30. The highest BCUT2D eigenvalue weighted by Gasteiger charge is 2.18. The number of aromatic amines is 1. The van der Waals surface area contributed by atoms with Gasteiger partial charge in [0.2, 0.25) is 0 Å². The van der Waals surface area contributed by atoms with E-state index in [-0.39, 0.29) is 11.7 Å². The maximum atomic E-state index is 13.6. The molecule has 0 atom stereocenters. The summed E-state index contributed by atoms with van der Waals surface area (Å²) in [6, 6.07) is 24.7. The molecule has 2 N–H and O–H groups in total. The molecule has 0 aliphatic carbocycles. The molecular formula is C29H19FN8O. The van der Waals surface area contributed by atoms with Crippen molar-refractivity contribution in [1.29, 1.82) is 0 Å². The second-order valence-electron chi connectivity index (χ2n) is 8.89. The number of hydrogen-bond donors (Lipinski definition) is 2. The zero-order chi connectivity index (χ0) is 26.3. The molecule has 7 aromatic rings. The van der Waals surface area contributed by atoms with Gasteiger partial charge in [-0.2, -0.15) is 10.2 Å². The topological polar surface area (TPSA) is 105 Å². The van der Waals surface area contributed by atoms with E-state index in [2.05, 4.69) is 20.5 Å². The molecule has 0 radical (unpaired) electrons. The van der Waals surface area contributed by atoms with Crippen molar-refractivity contribution in [2.75, 3.05) is 5.32 Å². The summed E-state index contributed by atoms with van der Waals surface area (Å²) in [5.74, 6) is -0.243. The molecule has 0 saturated heterocycles. The van der Waals surface area contributed by atoms with Gasteiger partial charge in [0.05, 0.1) is 17.6 Å². The van der Waals surface area contributed by atoms with Crippen molar-refractivity contribution in [3.05, 3.63) is 115 Å². The fraction of sp³-hybridized carbons (Fsp3) is 0. The first-order chi connectivity index (χ1) is 19.1. The van der Waals surface area contributed by atoms with Gasteiger partial charge in [-0.05, 0) is 66.7 Å². The minimum atomic E-state index is -0.315. The molecule has 0 aliphatic heterocycles. The maximum absolute atomic E-state index is 13.6. The molecule has 7 rings (SSSR count). The fourth-order valence-electron chi connectivity index (χ4n) is 4.55. The highest BCUT2D eigenvalue weighted by molar-refractivity contribution is 6.04. The molecule has 0 spiro atoms. The molecule has 1 amide bonds. The van der Waals surface area contributed by atoms with Gasteiger partial charge in [0, 0.05) is 29.1 Å². The lowest BCUT2D eigenvalue weighted by Gasteiger charge is -2.05. The minimum absolute atomic E-state index is 0.295. The van der Waals surface area contributed by atoms with Gasteiger partial charge in [-0.1, -0.05) is 18.2 Å². The van der Waals surface area contributed by atoms with Crippen LogP contribution >= 0.6 is 0 Å². The number of halogens is 1. The molecule has 39 heavy (non-hydrogen) atoms. The smallest absolute Gasteiger partial charge is 0.256 e. The average molecular weight is 515 g/mol. The van der Waals surface area contributed by atoms with Crippen LogP contribution in [0.2, 0.25) is 0 Å². The number of fused-ring (bicyclic) bond motifs is 2. The van der Waals surface area contributed by atoms with E-state index in [4.69, 9.17) is 10.1 Å². The molecule has 2 aromatic carbocycles. The van der Waals surface area contributed by atoms with Gasteiger partial charge in [-0.3, -0.25) is 14.3 Å². The largest absolute Gasteiger partial charge is 0.305 e. The van der Waals surface area contributed by atoms with Crippen molar-refractivity contribution < 1.29 is 9.18 Å². The van der Waals surface area contributed by atoms with Gasteiger partial charge in [0.15, 0.2) is 11.5 Å². The van der Waals surface area contributed by atoms with Crippen LogP contribution in [0.5, 0.6) is 0 Å². The molecule has 0 bridgehead atoms. The molecule has 0 saturated carbocycles. The fourth-order valence-corrected chi connectivity index (χ4v) is 4.55. The maximum Gasteiger partial charge on any atom is 0.256 e. The van der Waals surface area contributed by atoms with Crippen molar-refractivity contribution in [3.8, 4) is 33.9 Å². The molecule has 0 unspecified atom stereocenters. The van der Waals surface area contributed by atoms with E-state index in [9.17, 15) is 9.18 Å². The molecular weight excluding hydrogens is 495 g/mol. The third-order valence-corrected chi connectivity index (χ3v) is 6.37. The van der Waals surface area contributed by atoms with Crippen molar-refractivity contribution in [1.82, 2.24) is 34.2 Å². The van der Waals surface area contributed by atoms with E-state index in [1.54, 1.807) is 41.2 Å². The van der Waals surface area contributed by atoms with Crippen LogP contribution in [-0.2, 0) is 0 Å². The van der Waals surface area contributed by atoms with E-state index in [1.165, 1.54) is 12.1 Å².